The van der Waals surface area contributed by atoms with Crippen molar-refractivity contribution >= 4 is 35.3 Å². The Hall–Kier alpha value is -2.03. The van der Waals surface area contributed by atoms with Crippen LogP contribution in [0.2, 0.25) is 0 Å². The Morgan fingerprint density at radius 2 is 1.95 bits per heavy atom. The van der Waals surface area contributed by atoms with Crippen molar-refractivity contribution in [2.75, 3.05) is 24.2 Å². The minimum atomic E-state index is -4.66. The number of carbonyl (C=O) groups is 1. The summed E-state index contributed by atoms with van der Waals surface area (Å²) in [5.74, 6) is -1.16. The third-order valence-electron chi connectivity index (χ3n) is 2.71. The summed E-state index contributed by atoms with van der Waals surface area (Å²) in [5, 5.41) is 5.59. The Labute approximate surface area is 129 Å². The Morgan fingerprint density at radius 3 is 2.64 bits per heavy atom. The van der Waals surface area contributed by atoms with Gasteiger partial charge in [-0.25, -0.2) is 9.97 Å². The number of halogens is 3. The van der Waals surface area contributed by atoms with Crippen molar-refractivity contribution in [3.63, 3.8) is 0 Å². The van der Waals surface area contributed by atoms with Crippen LogP contribution in [0.1, 0.15) is 5.82 Å². The number of amides is 1. The van der Waals surface area contributed by atoms with Crippen LogP contribution in [0, 0.1) is 0 Å². The van der Waals surface area contributed by atoms with E-state index < -0.39 is 12.0 Å². The molecule has 22 heavy (non-hydrogen) atoms. The molecule has 2 rings (SSSR count). The lowest BCUT2D eigenvalue weighted by Gasteiger charge is -2.12. The largest absolute Gasteiger partial charge is 0.451 e. The predicted molar refractivity (Wildman–Crippen MR) is 79.9 cm³/mol. The van der Waals surface area contributed by atoms with Crippen molar-refractivity contribution in [3.8, 4) is 0 Å². The monoisotopic (exact) mass is 330 g/mol. The van der Waals surface area contributed by atoms with Gasteiger partial charge in [0, 0.05) is 17.7 Å². The van der Waals surface area contributed by atoms with E-state index in [4.69, 9.17) is 0 Å². The summed E-state index contributed by atoms with van der Waals surface area (Å²) in [6.07, 6.45) is -4.66. The number of fused-ring (bicyclic) bond motifs is 1. The SMILES string of the molecule is O=C(CNc1nc(C(F)(F)F)nc2ccccc12)NCCS. The number of hydrogen-bond acceptors (Lipinski definition) is 5. The summed E-state index contributed by atoms with van der Waals surface area (Å²) in [7, 11) is 0. The number of benzene rings is 1. The van der Waals surface area contributed by atoms with Crippen LogP contribution in [0.4, 0.5) is 19.0 Å². The molecule has 0 saturated heterocycles. The number of hydrogen-bond donors (Lipinski definition) is 3. The Kier molecular flexibility index (Phi) is 5.07. The van der Waals surface area contributed by atoms with E-state index in [1.807, 2.05) is 0 Å². The van der Waals surface area contributed by atoms with E-state index in [1.165, 1.54) is 6.07 Å². The summed E-state index contributed by atoms with van der Waals surface area (Å²) >= 11 is 3.95. The van der Waals surface area contributed by atoms with Gasteiger partial charge in [-0.15, -0.1) is 0 Å². The molecule has 0 aliphatic carbocycles. The van der Waals surface area contributed by atoms with E-state index in [2.05, 4.69) is 33.2 Å². The second kappa shape index (κ2) is 6.82. The zero-order chi connectivity index (χ0) is 16.2. The molecular weight excluding hydrogens is 317 g/mol. The van der Waals surface area contributed by atoms with Crippen LogP contribution in [0.5, 0.6) is 0 Å². The molecule has 0 spiro atoms. The third-order valence-corrected chi connectivity index (χ3v) is 2.93. The molecule has 0 atom stereocenters. The quantitative estimate of drug-likeness (QED) is 0.735. The van der Waals surface area contributed by atoms with E-state index >= 15 is 0 Å². The fourth-order valence-corrected chi connectivity index (χ4v) is 1.87. The van der Waals surface area contributed by atoms with Crippen molar-refractivity contribution in [1.29, 1.82) is 0 Å². The van der Waals surface area contributed by atoms with Crippen LogP contribution in [0.15, 0.2) is 24.3 Å². The molecule has 2 N–H and O–H groups in total. The highest BCUT2D eigenvalue weighted by molar-refractivity contribution is 7.80. The summed E-state index contributed by atoms with van der Waals surface area (Å²) in [4.78, 5) is 18.5. The van der Waals surface area contributed by atoms with Gasteiger partial charge in [-0.1, -0.05) is 12.1 Å². The van der Waals surface area contributed by atoms with E-state index in [0.29, 0.717) is 17.7 Å². The Bertz CT molecular complexity index is 678. The normalized spacial score (nSPS) is 11.5. The van der Waals surface area contributed by atoms with E-state index in [0.717, 1.165) is 0 Å². The lowest BCUT2D eigenvalue weighted by molar-refractivity contribution is -0.144. The molecule has 1 amide bonds. The second-order valence-corrected chi connectivity index (χ2v) is 4.79. The number of alkyl halides is 3. The first kappa shape index (κ1) is 16.3. The molecule has 9 heteroatoms. The van der Waals surface area contributed by atoms with Crippen LogP contribution in [0.3, 0.4) is 0 Å². The highest BCUT2D eigenvalue weighted by Crippen LogP contribution is 2.30. The predicted octanol–water partition coefficient (Wildman–Crippen LogP) is 2.11. The van der Waals surface area contributed by atoms with Crippen LogP contribution < -0.4 is 10.6 Å². The van der Waals surface area contributed by atoms with Gasteiger partial charge in [0.05, 0.1) is 12.1 Å². The number of aromatic nitrogens is 2. The van der Waals surface area contributed by atoms with Gasteiger partial charge in [0.2, 0.25) is 11.7 Å². The van der Waals surface area contributed by atoms with Gasteiger partial charge in [0.1, 0.15) is 5.82 Å². The molecule has 0 aliphatic rings. The highest BCUT2D eigenvalue weighted by atomic mass is 32.1. The van der Waals surface area contributed by atoms with Gasteiger partial charge < -0.3 is 10.6 Å². The van der Waals surface area contributed by atoms with Gasteiger partial charge in [-0.3, -0.25) is 4.79 Å². The summed E-state index contributed by atoms with van der Waals surface area (Å²) in [6.45, 7) is 0.189. The van der Waals surface area contributed by atoms with Crippen molar-refractivity contribution in [2.45, 2.75) is 6.18 Å². The second-order valence-electron chi connectivity index (χ2n) is 4.34. The number of para-hydroxylation sites is 1. The lowest BCUT2D eigenvalue weighted by atomic mass is 10.2. The molecule has 0 fully saturated rings. The maximum atomic E-state index is 12.8. The van der Waals surface area contributed by atoms with E-state index in [9.17, 15) is 18.0 Å². The highest BCUT2D eigenvalue weighted by Gasteiger charge is 2.35. The van der Waals surface area contributed by atoms with Crippen molar-refractivity contribution in [3.05, 3.63) is 30.1 Å². The van der Waals surface area contributed by atoms with Crippen LogP contribution in [0.25, 0.3) is 10.9 Å². The standard InChI is InChI=1S/C13H13F3N4OS/c14-13(15,16)12-19-9-4-2-1-3-8(9)11(20-12)18-7-10(21)17-5-6-22/h1-4,22H,5-7H2,(H,17,21)(H,18,19,20). The first-order valence-corrected chi connectivity index (χ1v) is 7.00. The molecule has 5 nitrogen and oxygen atoms in total. The van der Waals surface area contributed by atoms with Gasteiger partial charge in [0.15, 0.2) is 0 Å². The molecule has 0 bridgehead atoms. The summed E-state index contributed by atoms with van der Waals surface area (Å²) < 4.78 is 38.5. The molecule has 2 aromatic rings. The number of thiol groups is 1. The number of anilines is 1. The topological polar surface area (TPSA) is 66.9 Å². The molecule has 118 valence electrons. The zero-order valence-electron chi connectivity index (χ0n) is 11.3. The molecular formula is C13H13F3N4OS. The van der Waals surface area contributed by atoms with Crippen molar-refractivity contribution in [2.24, 2.45) is 0 Å². The first-order valence-electron chi connectivity index (χ1n) is 6.37. The maximum absolute atomic E-state index is 12.8. The molecule has 1 aromatic carbocycles. The minimum Gasteiger partial charge on any atom is -0.360 e. The van der Waals surface area contributed by atoms with Crippen molar-refractivity contribution in [1.82, 2.24) is 15.3 Å². The lowest BCUT2D eigenvalue weighted by Crippen LogP contribution is -2.31. The third kappa shape index (κ3) is 4.00. The maximum Gasteiger partial charge on any atom is 0.451 e. The Morgan fingerprint density at radius 1 is 1.23 bits per heavy atom. The molecule has 0 unspecified atom stereocenters. The van der Waals surface area contributed by atoms with Crippen molar-refractivity contribution < 1.29 is 18.0 Å². The zero-order valence-corrected chi connectivity index (χ0v) is 12.2. The molecule has 1 aromatic heterocycles. The van der Waals surface area contributed by atoms with Crippen LogP contribution >= 0.6 is 12.6 Å². The molecule has 0 aliphatic heterocycles. The fourth-order valence-electron chi connectivity index (χ4n) is 1.76. The van der Waals surface area contributed by atoms with Gasteiger partial charge in [-0.05, 0) is 12.1 Å². The minimum absolute atomic E-state index is 0.0288. The molecule has 0 saturated carbocycles. The van der Waals surface area contributed by atoms with Crippen LogP contribution in [-0.4, -0.2) is 34.7 Å². The fraction of sp³-hybridized carbons (Fsp3) is 0.308. The number of rotatable bonds is 5. The number of carbonyl (C=O) groups excluding carboxylic acids is 1. The number of nitrogens with zero attached hydrogens (tertiary/aromatic N) is 2. The smallest absolute Gasteiger partial charge is 0.360 e. The van der Waals surface area contributed by atoms with E-state index in [1.54, 1.807) is 18.2 Å². The van der Waals surface area contributed by atoms with Crippen LogP contribution in [-0.2, 0) is 11.0 Å². The summed E-state index contributed by atoms with van der Waals surface area (Å²) in [6, 6.07) is 6.28. The van der Waals surface area contributed by atoms with Gasteiger partial charge >= 0.3 is 6.18 Å². The molecule has 1 heterocycles. The van der Waals surface area contributed by atoms with Gasteiger partial charge in [0.25, 0.3) is 0 Å². The average Bonchev–Trinajstić information content (AvgIpc) is 2.49. The van der Waals surface area contributed by atoms with Gasteiger partial charge in [-0.2, -0.15) is 25.8 Å². The summed E-state index contributed by atoms with van der Waals surface area (Å²) in [5.41, 5.74) is 0.156. The molecule has 0 radical (unpaired) electrons. The number of nitrogens with one attached hydrogen (secondary N) is 2. The van der Waals surface area contributed by atoms with E-state index in [-0.39, 0.29) is 23.8 Å². The Balaban J connectivity index is 2.29. The first-order chi connectivity index (χ1) is 10.4. The average molecular weight is 330 g/mol.